The molecule has 6 nitrogen and oxygen atoms in total. The maximum Gasteiger partial charge on any atom is 0.573 e. The Balaban J connectivity index is 2.07. The summed E-state index contributed by atoms with van der Waals surface area (Å²) in [7, 11) is 0. The Kier molecular flexibility index (Phi) is 6.51. The molecule has 0 fully saturated rings. The van der Waals surface area contributed by atoms with E-state index in [0.29, 0.717) is 46.6 Å². The Labute approximate surface area is 176 Å². The van der Waals surface area contributed by atoms with Gasteiger partial charge >= 0.3 is 6.36 Å². The summed E-state index contributed by atoms with van der Waals surface area (Å²) in [5, 5.41) is 22.2. The summed E-state index contributed by atoms with van der Waals surface area (Å²) in [5.74, 6) is -0.267. The molecule has 0 spiro atoms. The Hall–Kier alpha value is -3.51. The van der Waals surface area contributed by atoms with Crippen molar-refractivity contribution in [2.45, 2.75) is 31.9 Å². The van der Waals surface area contributed by atoms with E-state index in [1.165, 1.54) is 24.3 Å². The molecule has 0 saturated carbocycles. The molecule has 9 heteroatoms. The summed E-state index contributed by atoms with van der Waals surface area (Å²) in [5.41, 5.74) is 2.97. The summed E-state index contributed by atoms with van der Waals surface area (Å²) < 4.78 is 47.0. The predicted molar refractivity (Wildman–Crippen MR) is 105 cm³/mol. The van der Waals surface area contributed by atoms with Gasteiger partial charge in [0.25, 0.3) is 0 Å². The van der Waals surface area contributed by atoms with Crippen LogP contribution < -0.4 is 14.8 Å². The lowest BCUT2D eigenvalue weighted by atomic mass is 9.88. The zero-order valence-corrected chi connectivity index (χ0v) is 16.3. The quantitative estimate of drug-likeness (QED) is 0.647. The minimum Gasteiger partial charge on any atom is -0.492 e. The second kappa shape index (κ2) is 9.10. The molecular weight excluding hydrogens is 413 g/mol. The van der Waals surface area contributed by atoms with E-state index in [9.17, 15) is 23.1 Å². The lowest BCUT2D eigenvalue weighted by Crippen LogP contribution is -2.22. The highest BCUT2D eigenvalue weighted by molar-refractivity contribution is 5.87. The van der Waals surface area contributed by atoms with Gasteiger partial charge < -0.3 is 19.9 Å². The highest BCUT2D eigenvalue weighted by atomic mass is 19.4. The first-order valence-corrected chi connectivity index (χ1v) is 9.36. The predicted octanol–water partition coefficient (Wildman–Crippen LogP) is 3.94. The first-order chi connectivity index (χ1) is 14.7. The number of nitriles is 1. The molecule has 3 rings (SSSR count). The molecule has 0 radical (unpaired) electrons. The fraction of sp³-hybridized carbons (Fsp3) is 0.273. The number of nitrogens with zero attached hydrogens (tertiary/aromatic N) is 1. The molecule has 0 aliphatic carbocycles. The van der Waals surface area contributed by atoms with Gasteiger partial charge in [0.05, 0.1) is 25.2 Å². The van der Waals surface area contributed by atoms with Crippen molar-refractivity contribution in [2.75, 3.05) is 6.61 Å². The Morgan fingerprint density at radius 3 is 2.71 bits per heavy atom. The van der Waals surface area contributed by atoms with Gasteiger partial charge in [-0.2, -0.15) is 5.26 Å². The zero-order valence-electron chi connectivity index (χ0n) is 16.3. The number of hydrogen-bond acceptors (Lipinski definition) is 5. The average molecular weight is 432 g/mol. The van der Waals surface area contributed by atoms with Gasteiger partial charge in [0.1, 0.15) is 11.5 Å². The van der Waals surface area contributed by atoms with Crippen molar-refractivity contribution in [3.8, 4) is 28.7 Å². The van der Waals surface area contributed by atoms with Crippen LogP contribution in [0.3, 0.4) is 0 Å². The van der Waals surface area contributed by atoms with E-state index >= 15 is 0 Å². The standard InChI is InChI=1S/C22H19F3N2O4/c1-2-19(29)27-12-14-11-17(13-3-5-15(6-4-13)31-22(23,24)25)21-16(8-10-30-21)20(14)18(28)7-9-26/h2-6,11,18,28H,1,7-8,10,12H2,(H,27,29)/t18-/m1/s1. The molecule has 2 aromatic rings. The topological polar surface area (TPSA) is 91.6 Å². The maximum absolute atomic E-state index is 12.4. The number of carbonyl (C=O) groups is 1. The highest BCUT2D eigenvalue weighted by Crippen LogP contribution is 2.43. The van der Waals surface area contributed by atoms with Crippen LogP contribution in [0, 0.1) is 11.3 Å². The van der Waals surface area contributed by atoms with Gasteiger partial charge in [0.15, 0.2) is 0 Å². The van der Waals surface area contributed by atoms with Gasteiger partial charge in [-0.3, -0.25) is 4.79 Å². The normalized spacial score (nSPS) is 13.5. The number of nitrogens with one attached hydrogen (secondary N) is 1. The number of rotatable bonds is 7. The highest BCUT2D eigenvalue weighted by Gasteiger charge is 2.31. The van der Waals surface area contributed by atoms with Gasteiger partial charge in [-0.05, 0) is 41.0 Å². The van der Waals surface area contributed by atoms with Gasteiger partial charge in [-0.25, -0.2) is 0 Å². The molecule has 0 saturated heterocycles. The zero-order chi connectivity index (χ0) is 22.6. The van der Waals surface area contributed by atoms with E-state index in [0.717, 1.165) is 6.08 Å². The second-order valence-corrected chi connectivity index (χ2v) is 6.78. The van der Waals surface area contributed by atoms with Crippen LogP contribution in [0.5, 0.6) is 11.5 Å². The van der Waals surface area contributed by atoms with Crippen molar-refractivity contribution in [1.82, 2.24) is 5.32 Å². The third-order valence-corrected chi connectivity index (χ3v) is 4.76. The fourth-order valence-electron chi connectivity index (χ4n) is 3.52. The molecule has 31 heavy (non-hydrogen) atoms. The van der Waals surface area contributed by atoms with Crippen molar-refractivity contribution in [2.24, 2.45) is 0 Å². The summed E-state index contributed by atoms with van der Waals surface area (Å²) in [6, 6.07) is 8.96. The monoisotopic (exact) mass is 432 g/mol. The molecule has 162 valence electrons. The largest absolute Gasteiger partial charge is 0.573 e. The van der Waals surface area contributed by atoms with E-state index in [-0.39, 0.29) is 18.7 Å². The van der Waals surface area contributed by atoms with Crippen LogP contribution in [0.15, 0.2) is 43.0 Å². The molecule has 0 bridgehead atoms. The number of alkyl halides is 3. The fourth-order valence-corrected chi connectivity index (χ4v) is 3.52. The van der Waals surface area contributed by atoms with Crippen molar-refractivity contribution in [3.05, 3.63) is 59.7 Å². The van der Waals surface area contributed by atoms with Crippen molar-refractivity contribution >= 4 is 5.91 Å². The molecule has 2 aromatic carbocycles. The molecule has 1 atom stereocenters. The van der Waals surface area contributed by atoms with Crippen LogP contribution in [-0.4, -0.2) is 24.0 Å². The van der Waals surface area contributed by atoms with Gasteiger partial charge in [0.2, 0.25) is 5.91 Å². The van der Waals surface area contributed by atoms with E-state index in [2.05, 4.69) is 16.6 Å². The molecule has 1 aliphatic heterocycles. The minimum absolute atomic E-state index is 0.0677. The van der Waals surface area contributed by atoms with Gasteiger partial charge in [0, 0.05) is 24.1 Å². The number of carbonyl (C=O) groups excluding carboxylic acids is 1. The summed E-state index contributed by atoms with van der Waals surface area (Å²) in [4.78, 5) is 11.7. The number of aliphatic hydroxyl groups is 1. The van der Waals surface area contributed by atoms with Crippen LogP contribution >= 0.6 is 0 Å². The Bertz CT molecular complexity index is 1030. The van der Waals surface area contributed by atoms with E-state index in [1.807, 2.05) is 6.07 Å². The van der Waals surface area contributed by atoms with Crippen molar-refractivity contribution in [1.29, 1.82) is 5.26 Å². The summed E-state index contributed by atoms with van der Waals surface area (Å²) >= 11 is 0. The van der Waals surface area contributed by atoms with Gasteiger partial charge in [-0.15, -0.1) is 13.2 Å². The number of fused-ring (bicyclic) bond motifs is 1. The van der Waals surface area contributed by atoms with Crippen LogP contribution in [0.25, 0.3) is 11.1 Å². The minimum atomic E-state index is -4.79. The lowest BCUT2D eigenvalue weighted by molar-refractivity contribution is -0.274. The SMILES string of the molecule is C=CC(=O)NCc1cc(-c2ccc(OC(F)(F)F)cc2)c2c(c1[C@H](O)CC#N)CCO2. The first kappa shape index (κ1) is 22.2. The third-order valence-electron chi connectivity index (χ3n) is 4.76. The average Bonchev–Trinajstić information content (AvgIpc) is 3.20. The number of ether oxygens (including phenoxy) is 2. The number of aliphatic hydroxyl groups excluding tert-OH is 1. The van der Waals surface area contributed by atoms with Crippen molar-refractivity contribution < 1.29 is 32.5 Å². The lowest BCUT2D eigenvalue weighted by Gasteiger charge is -2.20. The summed E-state index contributed by atoms with van der Waals surface area (Å²) in [6.45, 7) is 3.82. The number of amides is 1. The second-order valence-electron chi connectivity index (χ2n) is 6.78. The smallest absolute Gasteiger partial charge is 0.492 e. The van der Waals surface area contributed by atoms with E-state index in [1.54, 1.807) is 6.07 Å². The first-order valence-electron chi connectivity index (χ1n) is 9.36. The molecule has 1 aliphatic rings. The van der Waals surface area contributed by atoms with Gasteiger partial charge in [-0.1, -0.05) is 18.7 Å². The Morgan fingerprint density at radius 2 is 2.10 bits per heavy atom. The van der Waals surface area contributed by atoms with Crippen LogP contribution in [0.1, 0.15) is 29.2 Å². The number of hydrogen-bond donors (Lipinski definition) is 2. The molecule has 1 heterocycles. The van der Waals surface area contributed by atoms with Crippen LogP contribution in [0.4, 0.5) is 13.2 Å². The maximum atomic E-state index is 12.4. The number of benzene rings is 2. The van der Waals surface area contributed by atoms with Crippen LogP contribution in [-0.2, 0) is 17.8 Å². The summed E-state index contributed by atoms with van der Waals surface area (Å²) in [6.07, 6.45) is -4.41. The van der Waals surface area contributed by atoms with E-state index in [4.69, 9.17) is 10.00 Å². The van der Waals surface area contributed by atoms with Crippen LogP contribution in [0.2, 0.25) is 0 Å². The molecule has 1 amide bonds. The van der Waals surface area contributed by atoms with Crippen molar-refractivity contribution in [3.63, 3.8) is 0 Å². The molecule has 0 aromatic heterocycles. The number of halogens is 3. The third kappa shape index (κ3) is 5.16. The molecule has 2 N–H and O–H groups in total. The van der Waals surface area contributed by atoms with E-state index < -0.39 is 18.4 Å². The molecule has 0 unspecified atom stereocenters. The molecular formula is C22H19F3N2O4. The Morgan fingerprint density at radius 1 is 1.39 bits per heavy atom.